The summed E-state index contributed by atoms with van der Waals surface area (Å²) in [5.41, 5.74) is 0.749. The molecule has 0 saturated heterocycles. The molecule has 0 radical (unpaired) electrons. The van der Waals surface area contributed by atoms with Gasteiger partial charge in [-0.1, -0.05) is 18.2 Å². The van der Waals surface area contributed by atoms with E-state index in [0.29, 0.717) is 6.54 Å². The van der Waals surface area contributed by atoms with Crippen LogP contribution in [0.25, 0.3) is 0 Å². The molecular formula is C16H20BrN3O3S. The fourth-order valence-electron chi connectivity index (χ4n) is 2.18. The zero-order valence-corrected chi connectivity index (χ0v) is 16.0. The number of hydrogen-bond donors (Lipinski definition) is 0. The van der Waals surface area contributed by atoms with Crippen LogP contribution in [0.2, 0.25) is 0 Å². The molecular weight excluding hydrogens is 394 g/mol. The Kier molecular flexibility index (Phi) is 6.17. The molecule has 130 valence electrons. The quantitative estimate of drug-likeness (QED) is 0.698. The lowest BCUT2D eigenvalue weighted by Gasteiger charge is -2.16. The minimum Gasteiger partial charge on any atom is -0.340 e. The maximum atomic E-state index is 12.2. The first-order chi connectivity index (χ1) is 11.3. The first kappa shape index (κ1) is 18.7. The van der Waals surface area contributed by atoms with E-state index in [1.54, 1.807) is 29.9 Å². The van der Waals surface area contributed by atoms with Gasteiger partial charge < -0.3 is 4.90 Å². The summed E-state index contributed by atoms with van der Waals surface area (Å²) in [5.74, 6) is -0.433. The Bertz CT molecular complexity index is 803. The molecule has 0 spiro atoms. The van der Waals surface area contributed by atoms with E-state index in [1.165, 1.54) is 17.0 Å². The minimum atomic E-state index is -3.45. The Hall–Kier alpha value is -1.67. The van der Waals surface area contributed by atoms with Gasteiger partial charge in [0.2, 0.25) is 5.91 Å². The van der Waals surface area contributed by atoms with E-state index < -0.39 is 9.84 Å². The van der Waals surface area contributed by atoms with Crippen LogP contribution in [0.15, 0.2) is 45.9 Å². The van der Waals surface area contributed by atoms with Gasteiger partial charge in [-0.15, -0.1) is 0 Å². The highest BCUT2D eigenvalue weighted by molar-refractivity contribution is 9.10. The van der Waals surface area contributed by atoms with Crippen molar-refractivity contribution in [1.29, 1.82) is 0 Å². The first-order valence-electron chi connectivity index (χ1n) is 7.57. The molecule has 0 saturated carbocycles. The van der Waals surface area contributed by atoms with Gasteiger partial charge in [0.15, 0.2) is 9.84 Å². The maximum Gasteiger partial charge on any atom is 0.223 e. The molecule has 8 heteroatoms. The molecule has 1 amide bonds. The summed E-state index contributed by atoms with van der Waals surface area (Å²) in [6.07, 6.45) is 1.80. The van der Waals surface area contributed by atoms with Gasteiger partial charge in [0.1, 0.15) is 0 Å². The molecule has 1 aromatic heterocycles. The number of carbonyl (C=O) groups excluding carboxylic acids is 1. The third-order valence-corrected chi connectivity index (χ3v) is 6.01. The van der Waals surface area contributed by atoms with Crippen molar-refractivity contribution in [2.24, 2.45) is 0 Å². The summed E-state index contributed by atoms with van der Waals surface area (Å²) < 4.78 is 27.0. The van der Waals surface area contributed by atoms with Crippen LogP contribution in [-0.2, 0) is 27.7 Å². The molecule has 1 aromatic carbocycles. The van der Waals surface area contributed by atoms with Gasteiger partial charge in [-0.2, -0.15) is 5.10 Å². The van der Waals surface area contributed by atoms with E-state index in [-0.39, 0.29) is 23.0 Å². The fourth-order valence-corrected chi connectivity index (χ4v) is 3.87. The number of sulfone groups is 1. The van der Waals surface area contributed by atoms with Crippen LogP contribution in [0.5, 0.6) is 0 Å². The topological polar surface area (TPSA) is 72.3 Å². The highest BCUT2D eigenvalue weighted by atomic mass is 79.9. The number of halogens is 1. The van der Waals surface area contributed by atoms with Crippen molar-refractivity contribution in [2.75, 3.05) is 12.8 Å². The van der Waals surface area contributed by atoms with Crippen LogP contribution in [0, 0.1) is 0 Å². The SMILES string of the molecule is CCn1cc(Br)c(CN(C)C(=O)CCS(=O)(=O)c2ccccc2)n1. The number of nitrogens with zero attached hydrogens (tertiary/aromatic N) is 3. The Labute approximate surface area is 150 Å². The highest BCUT2D eigenvalue weighted by Crippen LogP contribution is 2.17. The zero-order valence-electron chi connectivity index (χ0n) is 13.6. The Balaban J connectivity index is 1.95. The van der Waals surface area contributed by atoms with Gasteiger partial charge in [-0.05, 0) is 35.0 Å². The fraction of sp³-hybridized carbons (Fsp3) is 0.375. The summed E-state index contributed by atoms with van der Waals surface area (Å²) in [4.78, 5) is 14.0. The molecule has 0 aliphatic heterocycles. The van der Waals surface area contributed by atoms with Crippen molar-refractivity contribution in [2.45, 2.75) is 31.3 Å². The van der Waals surface area contributed by atoms with Crippen molar-refractivity contribution in [3.8, 4) is 0 Å². The third kappa shape index (κ3) is 4.67. The van der Waals surface area contributed by atoms with Gasteiger partial charge in [0, 0.05) is 26.2 Å². The van der Waals surface area contributed by atoms with Gasteiger partial charge >= 0.3 is 0 Å². The molecule has 0 atom stereocenters. The molecule has 0 unspecified atom stereocenters. The summed E-state index contributed by atoms with van der Waals surface area (Å²) in [5, 5.41) is 4.36. The van der Waals surface area contributed by atoms with Gasteiger partial charge in [0.05, 0.1) is 27.4 Å². The van der Waals surface area contributed by atoms with Crippen LogP contribution in [0.4, 0.5) is 0 Å². The van der Waals surface area contributed by atoms with Crippen molar-refractivity contribution in [3.05, 3.63) is 46.7 Å². The molecule has 0 N–H and O–H groups in total. The second-order valence-corrected chi connectivity index (χ2v) is 8.37. The monoisotopic (exact) mass is 413 g/mol. The second kappa shape index (κ2) is 7.94. The van der Waals surface area contributed by atoms with E-state index in [0.717, 1.165) is 16.7 Å². The average Bonchev–Trinajstić information content (AvgIpc) is 2.93. The minimum absolute atomic E-state index is 0.0557. The number of carbonyl (C=O) groups is 1. The van der Waals surface area contributed by atoms with Crippen LogP contribution in [0.3, 0.4) is 0 Å². The van der Waals surface area contributed by atoms with Crippen LogP contribution >= 0.6 is 15.9 Å². The summed E-state index contributed by atoms with van der Waals surface area (Å²) in [6, 6.07) is 8.17. The summed E-state index contributed by atoms with van der Waals surface area (Å²) >= 11 is 3.42. The molecule has 0 aliphatic carbocycles. The summed E-state index contributed by atoms with van der Waals surface area (Å²) in [6.45, 7) is 3.05. The van der Waals surface area contributed by atoms with Crippen LogP contribution in [0.1, 0.15) is 19.0 Å². The zero-order chi connectivity index (χ0) is 17.7. The van der Waals surface area contributed by atoms with E-state index in [4.69, 9.17) is 0 Å². The van der Waals surface area contributed by atoms with E-state index in [1.807, 2.05) is 13.1 Å². The lowest BCUT2D eigenvalue weighted by atomic mass is 10.3. The molecule has 2 rings (SSSR count). The van der Waals surface area contributed by atoms with E-state index in [2.05, 4.69) is 21.0 Å². The lowest BCUT2D eigenvalue weighted by Crippen LogP contribution is -2.28. The Morgan fingerprint density at radius 3 is 2.54 bits per heavy atom. The number of aromatic nitrogens is 2. The molecule has 2 aromatic rings. The van der Waals surface area contributed by atoms with Crippen molar-refractivity contribution >= 4 is 31.7 Å². The molecule has 1 heterocycles. The van der Waals surface area contributed by atoms with Crippen LogP contribution in [-0.4, -0.2) is 41.8 Å². The predicted molar refractivity (Wildman–Crippen MR) is 95.2 cm³/mol. The molecule has 0 fully saturated rings. The first-order valence-corrected chi connectivity index (χ1v) is 10.0. The van der Waals surface area contributed by atoms with Gasteiger partial charge in [0.25, 0.3) is 0 Å². The van der Waals surface area contributed by atoms with Gasteiger partial charge in [-0.25, -0.2) is 8.42 Å². The lowest BCUT2D eigenvalue weighted by molar-refractivity contribution is -0.130. The molecule has 0 aliphatic rings. The number of hydrogen-bond acceptors (Lipinski definition) is 4. The molecule has 6 nitrogen and oxygen atoms in total. The summed E-state index contributed by atoms with van der Waals surface area (Å²) in [7, 11) is -1.80. The Morgan fingerprint density at radius 2 is 1.96 bits per heavy atom. The number of aryl methyl sites for hydroxylation is 1. The van der Waals surface area contributed by atoms with E-state index >= 15 is 0 Å². The normalized spacial score (nSPS) is 11.5. The van der Waals surface area contributed by atoms with Gasteiger partial charge in [-0.3, -0.25) is 9.48 Å². The second-order valence-electron chi connectivity index (χ2n) is 5.41. The third-order valence-electron chi connectivity index (χ3n) is 3.61. The number of benzene rings is 1. The highest BCUT2D eigenvalue weighted by Gasteiger charge is 2.19. The maximum absolute atomic E-state index is 12.2. The Morgan fingerprint density at radius 1 is 1.29 bits per heavy atom. The van der Waals surface area contributed by atoms with Crippen LogP contribution < -0.4 is 0 Å². The van der Waals surface area contributed by atoms with E-state index in [9.17, 15) is 13.2 Å². The number of amides is 1. The standard InChI is InChI=1S/C16H20BrN3O3S/c1-3-20-11-14(17)15(18-20)12-19(2)16(21)9-10-24(22,23)13-7-5-4-6-8-13/h4-8,11H,3,9-10,12H2,1-2H3. The number of rotatable bonds is 7. The molecule has 0 bridgehead atoms. The smallest absolute Gasteiger partial charge is 0.223 e. The largest absolute Gasteiger partial charge is 0.340 e. The predicted octanol–water partition coefficient (Wildman–Crippen LogP) is 2.49. The van der Waals surface area contributed by atoms with Crippen molar-refractivity contribution < 1.29 is 13.2 Å². The molecule has 24 heavy (non-hydrogen) atoms. The van der Waals surface area contributed by atoms with Crippen molar-refractivity contribution in [1.82, 2.24) is 14.7 Å². The van der Waals surface area contributed by atoms with Crippen molar-refractivity contribution in [3.63, 3.8) is 0 Å². The average molecular weight is 414 g/mol.